The van der Waals surface area contributed by atoms with Crippen LogP contribution in [0.1, 0.15) is 48.7 Å². The molecule has 0 saturated carbocycles. The molecule has 2 unspecified atom stereocenters. The molecule has 2 bridgehead atoms. The summed E-state index contributed by atoms with van der Waals surface area (Å²) in [5, 5.41) is 8.85. The van der Waals surface area contributed by atoms with Gasteiger partial charge in [-0.2, -0.15) is 0 Å². The number of H-pyrrole nitrogens is 1. The molecule has 0 aromatic carbocycles. The molecule has 0 aliphatic carbocycles. The second-order valence-electron chi connectivity index (χ2n) is 6.30. The van der Waals surface area contributed by atoms with Crippen LogP contribution in [0.3, 0.4) is 0 Å². The number of piperidine rings is 1. The van der Waals surface area contributed by atoms with Crippen LogP contribution in [0, 0.1) is 6.92 Å². The van der Waals surface area contributed by atoms with Crippen LogP contribution in [-0.4, -0.2) is 45.1 Å². The van der Waals surface area contributed by atoms with E-state index in [9.17, 15) is 9.59 Å². The molecule has 2 saturated heterocycles. The van der Waals surface area contributed by atoms with Crippen LogP contribution in [0.25, 0.3) is 0 Å². The van der Waals surface area contributed by atoms with Gasteiger partial charge in [0, 0.05) is 29.3 Å². The number of nitrogens with one attached hydrogen (secondary N) is 1. The van der Waals surface area contributed by atoms with E-state index in [1.807, 2.05) is 0 Å². The lowest BCUT2D eigenvalue weighted by Crippen LogP contribution is -2.40. The van der Waals surface area contributed by atoms with Gasteiger partial charge >= 0.3 is 5.97 Å². The highest BCUT2D eigenvalue weighted by atomic mass is 16.4. The summed E-state index contributed by atoms with van der Waals surface area (Å²) in [5.74, 6) is 0.0103. The van der Waals surface area contributed by atoms with Gasteiger partial charge in [0.1, 0.15) is 5.82 Å². The van der Waals surface area contributed by atoms with E-state index < -0.39 is 5.97 Å². The van der Waals surface area contributed by atoms with E-state index in [1.165, 1.54) is 12.8 Å². The van der Waals surface area contributed by atoms with Crippen molar-refractivity contribution < 1.29 is 9.90 Å². The molecule has 6 nitrogen and oxygen atoms in total. The van der Waals surface area contributed by atoms with Crippen LogP contribution in [0.5, 0.6) is 0 Å². The average Bonchev–Trinajstić information content (AvgIpc) is 2.64. The van der Waals surface area contributed by atoms with E-state index in [1.54, 1.807) is 6.92 Å². The molecular weight excluding hydrogens is 270 g/mol. The lowest BCUT2D eigenvalue weighted by Gasteiger charge is -2.35. The maximum Gasteiger partial charge on any atom is 0.308 e. The molecule has 2 aliphatic heterocycles. The van der Waals surface area contributed by atoms with Crippen LogP contribution in [0.15, 0.2) is 4.79 Å². The predicted octanol–water partition coefficient (Wildman–Crippen LogP) is 1.05. The minimum absolute atomic E-state index is 0.266. The number of carboxylic acid groups (broad SMARTS) is 1. The first-order chi connectivity index (χ1) is 9.95. The van der Waals surface area contributed by atoms with Crippen LogP contribution in [0.2, 0.25) is 0 Å². The Morgan fingerprint density at radius 2 is 2.00 bits per heavy atom. The van der Waals surface area contributed by atoms with Crippen molar-refractivity contribution in [2.75, 3.05) is 7.05 Å². The van der Waals surface area contributed by atoms with E-state index in [4.69, 9.17) is 5.11 Å². The Morgan fingerprint density at radius 1 is 1.38 bits per heavy atom. The van der Waals surface area contributed by atoms with Gasteiger partial charge in [-0.05, 0) is 39.7 Å². The van der Waals surface area contributed by atoms with Crippen molar-refractivity contribution in [1.29, 1.82) is 0 Å². The average molecular weight is 291 g/mol. The summed E-state index contributed by atoms with van der Waals surface area (Å²) in [4.78, 5) is 32.7. The Labute approximate surface area is 123 Å². The minimum atomic E-state index is -1.00. The fourth-order valence-corrected chi connectivity index (χ4v) is 3.82. The van der Waals surface area contributed by atoms with E-state index in [2.05, 4.69) is 21.9 Å². The van der Waals surface area contributed by atoms with Gasteiger partial charge in [-0.3, -0.25) is 9.59 Å². The second-order valence-corrected chi connectivity index (χ2v) is 6.30. The molecule has 2 N–H and O–H groups in total. The topological polar surface area (TPSA) is 86.3 Å². The molecule has 21 heavy (non-hydrogen) atoms. The SMILES string of the molecule is Cc1nc(C2CC3CCC(C2)N3C)[nH]c(=O)c1CC(=O)O. The largest absolute Gasteiger partial charge is 0.481 e. The molecule has 0 radical (unpaired) electrons. The third-order valence-corrected chi connectivity index (χ3v) is 5.05. The predicted molar refractivity (Wildman–Crippen MR) is 77.5 cm³/mol. The Morgan fingerprint density at radius 3 is 2.52 bits per heavy atom. The van der Waals surface area contributed by atoms with Crippen molar-refractivity contribution in [3.8, 4) is 0 Å². The fraction of sp³-hybridized carbons (Fsp3) is 0.667. The first kappa shape index (κ1) is 14.3. The summed E-state index contributed by atoms with van der Waals surface area (Å²) in [6.45, 7) is 1.72. The number of carbonyl (C=O) groups is 1. The molecule has 1 aromatic heterocycles. The molecule has 2 atom stereocenters. The lowest BCUT2D eigenvalue weighted by atomic mass is 9.90. The van der Waals surface area contributed by atoms with Gasteiger partial charge in [0.2, 0.25) is 0 Å². The van der Waals surface area contributed by atoms with Crippen molar-refractivity contribution in [3.63, 3.8) is 0 Å². The number of aromatic amines is 1. The van der Waals surface area contributed by atoms with Gasteiger partial charge in [0.25, 0.3) is 5.56 Å². The second kappa shape index (κ2) is 5.26. The summed E-state index contributed by atoms with van der Waals surface area (Å²) >= 11 is 0. The Kier molecular flexibility index (Phi) is 3.57. The zero-order chi connectivity index (χ0) is 15.1. The summed E-state index contributed by atoms with van der Waals surface area (Å²) in [6, 6.07) is 1.16. The van der Waals surface area contributed by atoms with Gasteiger partial charge in [-0.25, -0.2) is 4.98 Å². The highest BCUT2D eigenvalue weighted by Crippen LogP contribution is 2.40. The number of carboxylic acids is 1. The Balaban J connectivity index is 1.87. The van der Waals surface area contributed by atoms with Crippen molar-refractivity contribution in [3.05, 3.63) is 27.4 Å². The highest BCUT2D eigenvalue weighted by Gasteiger charge is 2.39. The number of aryl methyl sites for hydroxylation is 1. The molecule has 6 heteroatoms. The standard InChI is InChI=1S/C15H21N3O3/c1-8-12(7-13(19)20)15(21)17-14(16-8)9-5-10-3-4-11(6-9)18(10)2/h9-11H,3-7H2,1-2H3,(H,19,20)(H,16,17,21). The molecule has 1 aromatic rings. The Hall–Kier alpha value is -1.69. The quantitative estimate of drug-likeness (QED) is 0.869. The molecule has 3 rings (SSSR count). The number of fused-ring (bicyclic) bond motifs is 2. The van der Waals surface area contributed by atoms with E-state index in [0.29, 0.717) is 17.8 Å². The smallest absolute Gasteiger partial charge is 0.308 e. The van der Waals surface area contributed by atoms with Crippen LogP contribution in [-0.2, 0) is 11.2 Å². The Bertz CT molecular complexity index is 611. The summed E-state index contributed by atoms with van der Waals surface area (Å²) in [7, 11) is 2.18. The number of nitrogens with zero attached hydrogens (tertiary/aromatic N) is 2. The summed E-state index contributed by atoms with van der Waals surface area (Å²) < 4.78 is 0. The van der Waals surface area contributed by atoms with Crippen LogP contribution in [0.4, 0.5) is 0 Å². The zero-order valence-corrected chi connectivity index (χ0v) is 12.4. The molecule has 2 aliphatic rings. The molecule has 114 valence electrons. The molecule has 2 fully saturated rings. The molecular formula is C15H21N3O3. The summed E-state index contributed by atoms with van der Waals surface area (Å²) in [5.41, 5.74) is 0.510. The van der Waals surface area contributed by atoms with Crippen molar-refractivity contribution >= 4 is 5.97 Å². The van der Waals surface area contributed by atoms with Gasteiger partial charge in [-0.1, -0.05) is 0 Å². The minimum Gasteiger partial charge on any atom is -0.481 e. The lowest BCUT2D eigenvalue weighted by molar-refractivity contribution is -0.136. The number of aromatic nitrogens is 2. The maximum absolute atomic E-state index is 12.1. The van der Waals surface area contributed by atoms with E-state index >= 15 is 0 Å². The first-order valence-corrected chi connectivity index (χ1v) is 7.49. The summed E-state index contributed by atoms with van der Waals surface area (Å²) in [6.07, 6.45) is 4.21. The first-order valence-electron chi connectivity index (χ1n) is 7.49. The van der Waals surface area contributed by atoms with Crippen LogP contribution < -0.4 is 5.56 Å². The van der Waals surface area contributed by atoms with Crippen molar-refractivity contribution in [1.82, 2.24) is 14.9 Å². The van der Waals surface area contributed by atoms with E-state index in [0.717, 1.165) is 18.7 Å². The monoisotopic (exact) mass is 291 g/mol. The molecule has 3 heterocycles. The maximum atomic E-state index is 12.1. The van der Waals surface area contributed by atoms with Crippen LogP contribution >= 0.6 is 0 Å². The van der Waals surface area contributed by atoms with Gasteiger partial charge in [-0.15, -0.1) is 0 Å². The molecule has 0 amide bonds. The third kappa shape index (κ3) is 2.60. The van der Waals surface area contributed by atoms with E-state index in [-0.39, 0.29) is 23.5 Å². The highest BCUT2D eigenvalue weighted by molar-refractivity contribution is 5.70. The van der Waals surface area contributed by atoms with Crippen molar-refractivity contribution in [2.24, 2.45) is 0 Å². The van der Waals surface area contributed by atoms with Gasteiger partial charge < -0.3 is 15.0 Å². The number of hydrogen-bond acceptors (Lipinski definition) is 4. The van der Waals surface area contributed by atoms with Gasteiger partial charge in [0.05, 0.1) is 6.42 Å². The normalized spacial score (nSPS) is 28.8. The fourth-order valence-electron chi connectivity index (χ4n) is 3.82. The number of hydrogen-bond donors (Lipinski definition) is 2. The third-order valence-electron chi connectivity index (χ3n) is 5.05. The zero-order valence-electron chi connectivity index (χ0n) is 12.4. The number of aliphatic carboxylic acids is 1. The van der Waals surface area contributed by atoms with Crippen molar-refractivity contribution in [2.45, 2.75) is 57.0 Å². The van der Waals surface area contributed by atoms with Gasteiger partial charge in [0.15, 0.2) is 0 Å². The molecule has 0 spiro atoms. The number of rotatable bonds is 3.